The van der Waals surface area contributed by atoms with Gasteiger partial charge in [0.05, 0.1) is 12.3 Å². The average molecular weight is 689 g/mol. The van der Waals surface area contributed by atoms with Gasteiger partial charge in [0, 0.05) is 51.5 Å². The van der Waals surface area contributed by atoms with Crippen molar-refractivity contribution >= 4 is 33.9 Å². The van der Waals surface area contributed by atoms with Crippen LogP contribution in [0.5, 0.6) is 5.75 Å². The fraction of sp³-hybridized carbons (Fsp3) is 0.200. The van der Waals surface area contributed by atoms with Crippen LogP contribution in [0.3, 0.4) is 0 Å². The van der Waals surface area contributed by atoms with Gasteiger partial charge in [-0.15, -0.1) is 0 Å². The van der Waals surface area contributed by atoms with Crippen LogP contribution in [0.1, 0.15) is 37.4 Å². The molecular weight excluding hydrogens is 652 g/mol. The molecule has 5 atom stereocenters. The van der Waals surface area contributed by atoms with E-state index in [2.05, 4.69) is 10.3 Å². The molecule has 1 aromatic heterocycles. The Hall–Kier alpha value is -5.56. The van der Waals surface area contributed by atoms with Crippen LogP contribution in [0.15, 0.2) is 121 Å². The number of aliphatic hydroxyl groups is 4. The van der Waals surface area contributed by atoms with Gasteiger partial charge in [-0.1, -0.05) is 72.8 Å². The van der Waals surface area contributed by atoms with Crippen molar-refractivity contribution in [1.29, 1.82) is 0 Å². The molecule has 4 aliphatic rings. The largest absolute Gasteiger partial charge is 0.506 e. The average Bonchev–Trinajstić information content (AvgIpc) is 3.93. The van der Waals surface area contributed by atoms with Crippen molar-refractivity contribution in [2.24, 2.45) is 0 Å². The van der Waals surface area contributed by atoms with Crippen LogP contribution in [0, 0.1) is 0 Å². The van der Waals surface area contributed by atoms with E-state index in [4.69, 9.17) is 14.6 Å². The molecule has 2 aliphatic carbocycles. The summed E-state index contributed by atoms with van der Waals surface area (Å²) >= 11 is 0. The number of aliphatic hydroxyl groups excluding tert-OH is 4. The Morgan fingerprint density at radius 2 is 1.41 bits per heavy atom. The number of ketones is 2. The number of rotatable bonds is 3. The molecule has 11 heteroatoms. The van der Waals surface area contributed by atoms with Gasteiger partial charge >= 0.3 is 0 Å². The standard InChI is InChI=1S/C17H11NO2.C15H18O6.C8H7NO/c19-16-11-6-2-1-5-10(11)9-13(16)15-17(20)12-7-3-4-8-14(12)18-15;16-7-11-12(17)13(18)14(19)15(21-11)20-10-6-5-8-3-1-2-4-9(8)10;10-8-5-9-7-4-2-1-3-6(7)8/h1-8,18H,9H2;1-4,6,11-19H,5,7H2;1-5,9-10H/b15-13-;;/t;11?,12-,13+,14?,15-;/m.1./s1. The number of aromatic amines is 1. The molecule has 11 nitrogen and oxygen atoms in total. The number of aromatic nitrogens is 1. The Morgan fingerprint density at radius 1 is 0.745 bits per heavy atom. The minimum Gasteiger partial charge on any atom is -0.506 e. The van der Waals surface area contributed by atoms with E-state index >= 15 is 0 Å². The fourth-order valence-electron chi connectivity index (χ4n) is 6.57. The molecule has 1 saturated heterocycles. The lowest BCUT2D eigenvalue weighted by atomic mass is 9.99. The Bertz CT molecular complexity index is 2100. The van der Waals surface area contributed by atoms with Gasteiger partial charge in [-0.25, -0.2) is 0 Å². The highest BCUT2D eigenvalue weighted by Gasteiger charge is 2.45. The number of hydrogen-bond acceptors (Lipinski definition) is 10. The number of nitrogens with one attached hydrogen (secondary N) is 2. The zero-order valence-electron chi connectivity index (χ0n) is 27.3. The number of allylic oxidation sites excluding steroid dienone is 3. The van der Waals surface area contributed by atoms with E-state index < -0.39 is 37.3 Å². The lowest BCUT2D eigenvalue weighted by molar-refractivity contribution is -0.284. The van der Waals surface area contributed by atoms with Gasteiger partial charge in [0.2, 0.25) is 12.1 Å². The maximum atomic E-state index is 12.4. The van der Waals surface area contributed by atoms with E-state index in [0.717, 1.165) is 39.7 Å². The summed E-state index contributed by atoms with van der Waals surface area (Å²) in [6.45, 7) is -0.472. The van der Waals surface area contributed by atoms with E-state index in [-0.39, 0.29) is 11.6 Å². The molecular formula is C40H36N2O9. The number of ether oxygens (including phenoxy) is 2. The quantitative estimate of drug-likeness (QED) is 0.135. The number of anilines is 1. The van der Waals surface area contributed by atoms with E-state index in [9.17, 15) is 30.0 Å². The van der Waals surface area contributed by atoms with Crippen LogP contribution < -0.4 is 5.32 Å². The highest BCUT2D eigenvalue weighted by Crippen LogP contribution is 2.35. The van der Waals surface area contributed by atoms with Crippen molar-refractivity contribution in [1.82, 2.24) is 4.98 Å². The first kappa shape index (κ1) is 33.9. The normalized spacial score (nSPS) is 24.3. The smallest absolute Gasteiger partial charge is 0.229 e. The highest BCUT2D eigenvalue weighted by molar-refractivity contribution is 6.25. The second-order valence-corrected chi connectivity index (χ2v) is 12.5. The van der Waals surface area contributed by atoms with Crippen molar-refractivity contribution in [2.45, 2.75) is 43.5 Å². The summed E-state index contributed by atoms with van der Waals surface area (Å²) in [4.78, 5) is 27.8. The number of hydrogen-bond donors (Lipinski definition) is 7. The molecule has 2 unspecified atom stereocenters. The number of Topliss-reactive ketones (excluding diaryl/α,β-unsaturated/α-hetero) is 2. The lowest BCUT2D eigenvalue weighted by Gasteiger charge is -2.39. The second-order valence-electron chi connectivity index (χ2n) is 12.5. The molecule has 7 N–H and O–H groups in total. The zero-order chi connectivity index (χ0) is 35.6. The van der Waals surface area contributed by atoms with Crippen LogP contribution in [-0.2, 0) is 22.3 Å². The maximum absolute atomic E-state index is 12.4. The van der Waals surface area contributed by atoms with E-state index in [0.29, 0.717) is 40.3 Å². The Kier molecular flexibility index (Phi) is 9.54. The molecule has 0 spiro atoms. The van der Waals surface area contributed by atoms with Crippen LogP contribution in [-0.4, -0.2) is 79.4 Å². The first-order valence-corrected chi connectivity index (χ1v) is 16.5. The summed E-state index contributed by atoms with van der Waals surface area (Å²) in [6, 6.07) is 30.2. The Morgan fingerprint density at radius 3 is 2.14 bits per heavy atom. The third kappa shape index (κ3) is 6.56. The molecule has 3 heterocycles. The molecule has 0 bridgehead atoms. The van der Waals surface area contributed by atoms with E-state index in [1.54, 1.807) is 12.3 Å². The number of H-pyrrole nitrogens is 1. The summed E-state index contributed by atoms with van der Waals surface area (Å²) in [6.07, 6.45) is -1.61. The third-order valence-corrected chi connectivity index (χ3v) is 9.31. The molecule has 5 aromatic rings. The predicted molar refractivity (Wildman–Crippen MR) is 189 cm³/mol. The van der Waals surface area contributed by atoms with Gasteiger partial charge in [0.25, 0.3) is 0 Å². The van der Waals surface area contributed by atoms with Crippen molar-refractivity contribution < 1.29 is 44.6 Å². The van der Waals surface area contributed by atoms with Gasteiger partial charge in [-0.2, -0.15) is 0 Å². The van der Waals surface area contributed by atoms with Crippen molar-refractivity contribution in [3.63, 3.8) is 0 Å². The fourth-order valence-corrected chi connectivity index (χ4v) is 6.57. The van der Waals surface area contributed by atoms with Crippen LogP contribution in [0.25, 0.3) is 16.7 Å². The van der Waals surface area contributed by atoms with Gasteiger partial charge in [-0.05, 0) is 47.9 Å². The first-order chi connectivity index (χ1) is 24.7. The maximum Gasteiger partial charge on any atom is 0.229 e. The molecule has 4 aromatic carbocycles. The number of aromatic hydroxyl groups is 1. The monoisotopic (exact) mass is 688 g/mol. The second kappa shape index (κ2) is 14.4. The summed E-state index contributed by atoms with van der Waals surface area (Å²) in [5.41, 5.74) is 7.12. The van der Waals surface area contributed by atoms with Crippen LogP contribution in [0.4, 0.5) is 5.69 Å². The lowest BCUT2D eigenvalue weighted by Crippen LogP contribution is -2.59. The highest BCUT2D eigenvalue weighted by atomic mass is 16.7. The molecule has 0 saturated carbocycles. The topological polar surface area (TPSA) is 182 Å². The minimum absolute atomic E-state index is 0.0377. The molecule has 1 fully saturated rings. The summed E-state index contributed by atoms with van der Waals surface area (Å²) in [7, 11) is 0. The Balaban J connectivity index is 0.000000127. The zero-order valence-corrected chi connectivity index (χ0v) is 27.3. The predicted octanol–water partition coefficient (Wildman–Crippen LogP) is 4.26. The summed E-state index contributed by atoms with van der Waals surface area (Å²) in [5.74, 6) is 0.756. The van der Waals surface area contributed by atoms with E-state index in [1.165, 1.54) is 0 Å². The third-order valence-electron chi connectivity index (χ3n) is 9.31. The first-order valence-electron chi connectivity index (χ1n) is 16.5. The van der Waals surface area contributed by atoms with Crippen LogP contribution in [0.2, 0.25) is 0 Å². The summed E-state index contributed by atoms with van der Waals surface area (Å²) < 4.78 is 11.0. The summed E-state index contributed by atoms with van der Waals surface area (Å²) in [5, 5.41) is 51.7. The van der Waals surface area contributed by atoms with Gasteiger partial charge < -0.3 is 45.3 Å². The SMILES string of the molecule is O=C1/C(=C2\Nc3ccccc3C2=O)Cc2ccccc21.OCC1O[C@@H](OC2=CCc3ccccc32)C(O)[C@@H](O)[C@@H]1O.Oc1c[nH]c2ccccc12. The number of fused-ring (bicyclic) bond motifs is 4. The van der Waals surface area contributed by atoms with Crippen LogP contribution >= 0.6 is 0 Å². The van der Waals surface area contributed by atoms with Gasteiger partial charge in [0.1, 0.15) is 35.9 Å². The van der Waals surface area contributed by atoms with E-state index in [1.807, 2.05) is 97.1 Å². The Labute approximate surface area is 292 Å². The molecule has 51 heavy (non-hydrogen) atoms. The molecule has 0 amide bonds. The minimum atomic E-state index is -1.43. The number of carbonyl (C=O) groups excluding carboxylic acids is 2. The van der Waals surface area contributed by atoms with Gasteiger partial charge in [-0.3, -0.25) is 9.59 Å². The van der Waals surface area contributed by atoms with Crippen molar-refractivity contribution in [3.05, 3.63) is 148 Å². The van der Waals surface area contributed by atoms with Crippen molar-refractivity contribution in [3.8, 4) is 5.75 Å². The number of carbonyl (C=O) groups is 2. The molecule has 0 radical (unpaired) electrons. The molecule has 260 valence electrons. The van der Waals surface area contributed by atoms with Gasteiger partial charge in [0.15, 0.2) is 5.78 Å². The van der Waals surface area contributed by atoms with Crippen molar-refractivity contribution in [2.75, 3.05) is 11.9 Å². The number of benzene rings is 4. The molecule has 2 aliphatic heterocycles. The number of para-hydroxylation sites is 2. The molecule has 9 rings (SSSR count).